The first-order valence-electron chi connectivity index (χ1n) is 4.82. The molecule has 88 valence electrons. The zero-order valence-corrected chi connectivity index (χ0v) is 10.5. The van der Waals surface area contributed by atoms with E-state index >= 15 is 0 Å². The maximum absolute atomic E-state index is 11.0. The lowest BCUT2D eigenvalue weighted by Gasteiger charge is -1.99. The van der Waals surface area contributed by atoms with Crippen LogP contribution in [0.25, 0.3) is 10.6 Å². The van der Waals surface area contributed by atoms with Gasteiger partial charge in [0.05, 0.1) is 12.7 Å². The molecule has 5 nitrogen and oxygen atoms in total. The molecule has 2 aromatic rings. The third-order valence-corrected chi connectivity index (χ3v) is 3.23. The molecule has 2 N–H and O–H groups in total. The van der Waals surface area contributed by atoms with Gasteiger partial charge in [-0.05, 0) is 12.1 Å². The molecule has 17 heavy (non-hydrogen) atoms. The minimum atomic E-state index is -0.188. The molecule has 7 heteroatoms. The molecule has 0 saturated carbocycles. The van der Waals surface area contributed by atoms with E-state index in [4.69, 9.17) is 0 Å². The van der Waals surface area contributed by atoms with Gasteiger partial charge in [0.1, 0.15) is 10.0 Å². The number of anilines is 1. The van der Waals surface area contributed by atoms with E-state index in [1.807, 2.05) is 12.1 Å². The molecule has 0 fully saturated rings. The third-order valence-electron chi connectivity index (χ3n) is 1.98. The molecule has 2 heterocycles. The lowest BCUT2D eigenvalue weighted by molar-refractivity contribution is -0.117. The largest absolute Gasteiger partial charge is 0.367 e. The molecule has 0 bridgehead atoms. The zero-order chi connectivity index (χ0) is 12.1. The van der Waals surface area contributed by atoms with Gasteiger partial charge in [0.25, 0.3) is 0 Å². The number of pyridine rings is 1. The van der Waals surface area contributed by atoms with Gasteiger partial charge in [-0.25, -0.2) is 4.98 Å². The number of thiol groups is 1. The van der Waals surface area contributed by atoms with E-state index in [1.165, 1.54) is 11.3 Å². The first kappa shape index (κ1) is 11.9. The maximum Gasteiger partial charge on any atom is 0.248 e. The Kier molecular flexibility index (Phi) is 3.94. The van der Waals surface area contributed by atoms with Gasteiger partial charge in [0.2, 0.25) is 5.91 Å². The first-order chi connectivity index (χ1) is 8.29. The predicted molar refractivity (Wildman–Crippen MR) is 71.0 cm³/mol. The second-order valence-corrected chi connectivity index (χ2v) is 4.41. The topological polar surface area (TPSA) is 66.9 Å². The monoisotopic (exact) mass is 266 g/mol. The van der Waals surface area contributed by atoms with E-state index in [1.54, 1.807) is 18.6 Å². The number of hydrogen-bond acceptors (Lipinski definition) is 6. The minimum absolute atomic E-state index is 0.182. The Labute approximate surface area is 108 Å². The highest BCUT2D eigenvalue weighted by Gasteiger charge is 2.05. The lowest BCUT2D eigenvalue weighted by atomic mass is 10.3. The quantitative estimate of drug-likeness (QED) is 0.735. The molecule has 0 aliphatic heterocycles. The van der Waals surface area contributed by atoms with Gasteiger partial charge in [-0.1, -0.05) is 24.2 Å². The van der Waals surface area contributed by atoms with Gasteiger partial charge in [0, 0.05) is 18.0 Å². The van der Waals surface area contributed by atoms with Crippen LogP contribution in [0.5, 0.6) is 0 Å². The summed E-state index contributed by atoms with van der Waals surface area (Å²) in [5.41, 5.74) is 1.01. The second kappa shape index (κ2) is 5.65. The Morgan fingerprint density at radius 2 is 2.18 bits per heavy atom. The number of thiazole rings is 1. The fourth-order valence-corrected chi connectivity index (χ4v) is 2.09. The molecule has 2 aromatic heterocycles. The summed E-state index contributed by atoms with van der Waals surface area (Å²) in [6.07, 6.45) is 5.14. The van der Waals surface area contributed by atoms with Crippen LogP contribution in [0.1, 0.15) is 0 Å². The Morgan fingerprint density at radius 3 is 2.88 bits per heavy atom. The Morgan fingerprint density at radius 1 is 1.41 bits per heavy atom. The first-order valence-corrected chi connectivity index (χ1v) is 6.09. The van der Waals surface area contributed by atoms with Crippen LogP contribution in [-0.2, 0) is 4.79 Å². The zero-order valence-electron chi connectivity index (χ0n) is 8.75. The summed E-state index contributed by atoms with van der Waals surface area (Å²) in [7, 11) is 0. The molecule has 2 rings (SSSR count). The molecule has 1 amide bonds. The molecule has 0 aromatic carbocycles. The molecule has 0 saturated heterocycles. The van der Waals surface area contributed by atoms with Crippen LogP contribution in [0, 0.1) is 0 Å². The van der Waals surface area contributed by atoms with Crippen molar-refractivity contribution < 1.29 is 4.79 Å². The van der Waals surface area contributed by atoms with Crippen LogP contribution in [0.15, 0.2) is 30.7 Å². The molecular formula is C10H10N4OS2. The summed E-state index contributed by atoms with van der Waals surface area (Å²) in [6.45, 7) is 0.182. The van der Waals surface area contributed by atoms with E-state index < -0.39 is 0 Å². The second-order valence-electron chi connectivity index (χ2n) is 3.15. The Hall–Kier alpha value is -1.60. The van der Waals surface area contributed by atoms with Crippen molar-refractivity contribution in [1.82, 2.24) is 14.7 Å². The molecule has 0 aliphatic carbocycles. The van der Waals surface area contributed by atoms with Crippen LogP contribution >= 0.6 is 24.2 Å². The van der Waals surface area contributed by atoms with Crippen molar-refractivity contribution in [3.63, 3.8) is 0 Å². The number of amides is 1. The standard InChI is InChI=1S/C10H10N4OS2/c15-8(14-16)5-12-9-6-13-10(17-9)7-1-3-11-4-2-7/h1-4,6,12,16H,5H2,(H,14,15). The van der Waals surface area contributed by atoms with Crippen molar-refractivity contribution in [3.8, 4) is 10.6 Å². The molecule has 0 radical (unpaired) electrons. The number of carbonyl (C=O) groups is 1. The van der Waals surface area contributed by atoms with Crippen molar-refractivity contribution in [2.24, 2.45) is 0 Å². The SMILES string of the molecule is O=C(CNc1cnc(-c2ccncc2)s1)NS. The Bertz CT molecular complexity index is 500. The molecule has 0 aliphatic rings. The van der Waals surface area contributed by atoms with E-state index in [9.17, 15) is 4.79 Å². The van der Waals surface area contributed by atoms with Gasteiger partial charge in [-0.2, -0.15) is 0 Å². The van der Waals surface area contributed by atoms with Crippen LogP contribution < -0.4 is 10.0 Å². The number of carbonyl (C=O) groups excluding carboxylic acids is 1. The van der Waals surface area contributed by atoms with Crippen LogP contribution in [0.2, 0.25) is 0 Å². The van der Waals surface area contributed by atoms with Crippen molar-refractivity contribution in [3.05, 3.63) is 30.7 Å². The highest BCUT2D eigenvalue weighted by molar-refractivity contribution is 7.78. The summed E-state index contributed by atoms with van der Waals surface area (Å²) >= 11 is 5.15. The summed E-state index contributed by atoms with van der Waals surface area (Å²) in [6, 6.07) is 3.78. The van der Waals surface area contributed by atoms with Crippen molar-refractivity contribution in [2.75, 3.05) is 11.9 Å². The highest BCUT2D eigenvalue weighted by atomic mass is 32.1. The summed E-state index contributed by atoms with van der Waals surface area (Å²) < 4.78 is 2.24. The number of nitrogens with one attached hydrogen (secondary N) is 2. The maximum atomic E-state index is 11.0. The predicted octanol–water partition coefficient (Wildman–Crippen LogP) is 1.58. The van der Waals surface area contributed by atoms with Crippen LogP contribution in [0.3, 0.4) is 0 Å². The highest BCUT2D eigenvalue weighted by Crippen LogP contribution is 2.27. The van der Waals surface area contributed by atoms with E-state index in [2.05, 4.69) is 32.8 Å². The molecule has 0 spiro atoms. The number of aromatic nitrogens is 2. The number of rotatable bonds is 4. The van der Waals surface area contributed by atoms with E-state index in [0.29, 0.717) is 0 Å². The molecular weight excluding hydrogens is 256 g/mol. The smallest absolute Gasteiger partial charge is 0.248 e. The van der Waals surface area contributed by atoms with Crippen LogP contribution in [0.4, 0.5) is 5.00 Å². The fourth-order valence-electron chi connectivity index (χ4n) is 1.19. The van der Waals surface area contributed by atoms with Crippen molar-refractivity contribution in [1.29, 1.82) is 0 Å². The summed E-state index contributed by atoms with van der Waals surface area (Å²) in [4.78, 5) is 19.2. The number of hydrogen-bond donors (Lipinski definition) is 3. The van der Waals surface area contributed by atoms with Gasteiger partial charge in [-0.3, -0.25) is 9.78 Å². The minimum Gasteiger partial charge on any atom is -0.367 e. The Balaban J connectivity index is 2.04. The van der Waals surface area contributed by atoms with Crippen molar-refractivity contribution >= 4 is 35.1 Å². The molecule has 0 unspecified atom stereocenters. The fraction of sp³-hybridized carbons (Fsp3) is 0.100. The lowest BCUT2D eigenvalue weighted by Crippen LogP contribution is -2.22. The number of nitrogens with zero attached hydrogens (tertiary/aromatic N) is 2. The average Bonchev–Trinajstić information content (AvgIpc) is 2.86. The summed E-state index contributed by atoms with van der Waals surface area (Å²) in [5.74, 6) is -0.188. The van der Waals surface area contributed by atoms with Gasteiger partial charge < -0.3 is 10.0 Å². The van der Waals surface area contributed by atoms with E-state index in [-0.39, 0.29) is 12.5 Å². The van der Waals surface area contributed by atoms with Crippen LogP contribution in [-0.4, -0.2) is 22.4 Å². The van der Waals surface area contributed by atoms with Gasteiger partial charge in [-0.15, -0.1) is 0 Å². The average molecular weight is 266 g/mol. The third kappa shape index (κ3) is 3.18. The summed E-state index contributed by atoms with van der Waals surface area (Å²) in [5, 5.41) is 4.70. The van der Waals surface area contributed by atoms with Crippen molar-refractivity contribution in [2.45, 2.75) is 0 Å². The molecule has 0 atom stereocenters. The van der Waals surface area contributed by atoms with Gasteiger partial charge in [0.15, 0.2) is 0 Å². The van der Waals surface area contributed by atoms with E-state index in [0.717, 1.165) is 15.6 Å². The van der Waals surface area contributed by atoms with Gasteiger partial charge >= 0.3 is 0 Å². The normalized spacial score (nSPS) is 9.94.